The van der Waals surface area contributed by atoms with Crippen LogP contribution in [0.5, 0.6) is 0 Å². The van der Waals surface area contributed by atoms with E-state index in [1.54, 1.807) is 0 Å². The molecule has 0 radical (unpaired) electrons. The molecule has 0 saturated heterocycles. The maximum absolute atomic E-state index is 9.05. The quantitative estimate of drug-likeness (QED) is 0.447. The summed E-state index contributed by atoms with van der Waals surface area (Å²) >= 11 is 0. The normalized spacial score (nSPS) is 20.3. The third kappa shape index (κ3) is 6.57. The third-order valence-electron chi connectivity index (χ3n) is 7.28. The summed E-state index contributed by atoms with van der Waals surface area (Å²) in [6, 6.07) is 15.1. The maximum Gasteiger partial charge on any atom is 0.123 e. The van der Waals surface area contributed by atoms with Crippen molar-refractivity contribution in [2.75, 3.05) is 0 Å². The van der Waals surface area contributed by atoms with Gasteiger partial charge in [-0.3, -0.25) is 9.98 Å². The molecule has 3 aliphatic rings. The van der Waals surface area contributed by atoms with Crippen molar-refractivity contribution in [3.63, 3.8) is 0 Å². The van der Waals surface area contributed by atoms with Crippen LogP contribution >= 0.6 is 0 Å². The van der Waals surface area contributed by atoms with Gasteiger partial charge in [-0.15, -0.1) is 0 Å². The Morgan fingerprint density at radius 1 is 1.03 bits per heavy atom. The Hall–Kier alpha value is -3.91. The van der Waals surface area contributed by atoms with E-state index in [1.165, 1.54) is 45.3 Å². The summed E-state index contributed by atoms with van der Waals surface area (Å²) in [5, 5.41) is 15.0. The molecular weight excluding hydrogens is 478 g/mol. The molecule has 39 heavy (non-hydrogen) atoms. The topological polar surface area (TPSA) is 66.0 Å². The predicted molar refractivity (Wildman–Crippen MR) is 160 cm³/mol. The van der Waals surface area contributed by atoms with Gasteiger partial charge in [-0.2, -0.15) is 5.26 Å². The number of fused-ring (bicyclic) bond motifs is 2. The Morgan fingerprint density at radius 3 is 2.41 bits per heavy atom. The number of nitrogens with one attached hydrogen (secondary N) is 1. The fourth-order valence-electron chi connectivity index (χ4n) is 5.52. The number of pyridine rings is 1. The maximum atomic E-state index is 9.05. The Balaban J connectivity index is 0.000000173. The summed E-state index contributed by atoms with van der Waals surface area (Å²) < 4.78 is 2.14. The number of allylic oxidation sites excluding steroid dienone is 4. The SMILES string of the molecule is CC1=c2c(ccn2C)=NC(NC2=CC=C(C#N)C3CC23)C1.CCC.Cc1cc(C)cc(-c2cccnc2C)c1. The van der Waals surface area contributed by atoms with Crippen LogP contribution in [0.1, 0.15) is 56.9 Å². The molecule has 202 valence electrons. The van der Waals surface area contributed by atoms with E-state index in [-0.39, 0.29) is 6.17 Å². The molecule has 0 bridgehead atoms. The van der Waals surface area contributed by atoms with Gasteiger partial charge in [0.1, 0.15) is 6.17 Å². The van der Waals surface area contributed by atoms with Gasteiger partial charge in [0.2, 0.25) is 0 Å². The zero-order chi connectivity index (χ0) is 28.1. The molecule has 3 unspecified atom stereocenters. The summed E-state index contributed by atoms with van der Waals surface area (Å²) in [4.78, 5) is 9.14. The van der Waals surface area contributed by atoms with Crippen LogP contribution in [0.2, 0.25) is 0 Å². The lowest BCUT2D eigenvalue weighted by Gasteiger charge is -2.22. The molecule has 1 aliphatic heterocycles. The minimum absolute atomic E-state index is 0.115. The number of hydrogen-bond donors (Lipinski definition) is 1. The molecule has 0 spiro atoms. The van der Waals surface area contributed by atoms with E-state index < -0.39 is 0 Å². The Morgan fingerprint density at radius 2 is 1.74 bits per heavy atom. The van der Waals surface area contributed by atoms with Crippen molar-refractivity contribution in [2.24, 2.45) is 23.9 Å². The van der Waals surface area contributed by atoms with Gasteiger partial charge in [-0.25, -0.2) is 0 Å². The fourth-order valence-corrected chi connectivity index (χ4v) is 5.52. The van der Waals surface area contributed by atoms with E-state index in [9.17, 15) is 0 Å². The minimum Gasteiger partial charge on any atom is -0.367 e. The lowest BCUT2D eigenvalue weighted by Crippen LogP contribution is -2.40. The molecular formula is C34H41N5. The second kappa shape index (κ2) is 12.3. The molecule has 1 saturated carbocycles. The molecule has 0 amide bonds. The molecule has 3 aromatic rings. The highest BCUT2D eigenvalue weighted by Gasteiger charge is 2.44. The Labute approximate surface area is 233 Å². The predicted octanol–water partition coefficient (Wildman–Crippen LogP) is 6.21. The lowest BCUT2D eigenvalue weighted by molar-refractivity contribution is 0.550. The number of nitriles is 1. The van der Waals surface area contributed by atoms with Gasteiger partial charge in [-0.1, -0.05) is 55.7 Å². The first-order chi connectivity index (χ1) is 18.7. The number of rotatable bonds is 3. The van der Waals surface area contributed by atoms with Gasteiger partial charge in [0, 0.05) is 60.2 Å². The zero-order valence-electron chi connectivity index (χ0n) is 24.4. The number of aromatic nitrogens is 2. The van der Waals surface area contributed by atoms with Gasteiger partial charge < -0.3 is 9.88 Å². The molecule has 2 aliphatic carbocycles. The number of benzene rings is 1. The molecule has 3 atom stereocenters. The van der Waals surface area contributed by atoms with Gasteiger partial charge >= 0.3 is 0 Å². The molecule has 5 nitrogen and oxygen atoms in total. The van der Waals surface area contributed by atoms with E-state index in [0.29, 0.717) is 11.8 Å². The number of aryl methyl sites for hydroxylation is 4. The lowest BCUT2D eigenvalue weighted by atomic mass is 10.00. The van der Waals surface area contributed by atoms with Crippen LogP contribution in [-0.4, -0.2) is 15.7 Å². The molecule has 1 fully saturated rings. The summed E-state index contributed by atoms with van der Waals surface area (Å²) in [6.45, 7) is 12.7. The number of hydrogen-bond acceptors (Lipinski definition) is 4. The van der Waals surface area contributed by atoms with Crippen LogP contribution < -0.4 is 16.0 Å². The molecule has 6 rings (SSSR count). The largest absolute Gasteiger partial charge is 0.367 e. The Bertz CT molecular complexity index is 1540. The second-order valence-corrected chi connectivity index (χ2v) is 11.0. The van der Waals surface area contributed by atoms with E-state index in [4.69, 9.17) is 10.3 Å². The Kier molecular flexibility index (Phi) is 8.86. The van der Waals surface area contributed by atoms with Crippen LogP contribution in [0.25, 0.3) is 16.7 Å². The van der Waals surface area contributed by atoms with Crippen molar-refractivity contribution in [1.29, 1.82) is 5.26 Å². The van der Waals surface area contributed by atoms with Crippen molar-refractivity contribution < 1.29 is 0 Å². The molecule has 3 heterocycles. The first-order valence-electron chi connectivity index (χ1n) is 14.0. The standard InChI is InChI=1S/C17H18N4.C14H15N.C3H8/c1-10-7-16(20-15-5-6-21(2)17(10)15)19-14-4-3-11(9-18)12-8-13(12)14;1-10-7-11(2)9-13(8-10)14-5-4-6-15-12(14)3;1-3-2/h3-6,12-13,16,19H,7-8H2,1-2H3;4-9H,1-3H3;3H2,1-2H3. The zero-order valence-corrected chi connectivity index (χ0v) is 24.4. The molecule has 1 N–H and O–H groups in total. The van der Waals surface area contributed by atoms with Crippen molar-refractivity contribution >= 4 is 5.57 Å². The van der Waals surface area contributed by atoms with Crippen LogP contribution in [0.3, 0.4) is 0 Å². The molecule has 2 aromatic heterocycles. The molecule has 5 heteroatoms. The average Bonchev–Trinajstić information content (AvgIpc) is 3.61. The van der Waals surface area contributed by atoms with Gasteiger partial charge in [0.25, 0.3) is 0 Å². The fraction of sp³-hybridized carbons (Fsp3) is 0.382. The van der Waals surface area contributed by atoms with Crippen LogP contribution in [0, 0.1) is 43.9 Å². The van der Waals surface area contributed by atoms with Gasteiger partial charge in [0.05, 0.1) is 16.8 Å². The van der Waals surface area contributed by atoms with Crippen molar-refractivity contribution in [2.45, 2.75) is 67.0 Å². The number of nitrogens with zero attached hydrogens (tertiary/aromatic N) is 4. The van der Waals surface area contributed by atoms with Gasteiger partial charge in [-0.05, 0) is 69.5 Å². The highest BCUT2D eigenvalue weighted by Crippen LogP contribution is 2.50. The summed E-state index contributed by atoms with van der Waals surface area (Å²) in [5.41, 5.74) is 9.73. The average molecular weight is 520 g/mol. The van der Waals surface area contributed by atoms with E-state index in [0.717, 1.165) is 29.5 Å². The van der Waals surface area contributed by atoms with E-state index >= 15 is 0 Å². The van der Waals surface area contributed by atoms with Crippen LogP contribution in [-0.2, 0) is 7.05 Å². The summed E-state index contributed by atoms with van der Waals surface area (Å²) in [5.74, 6) is 0.959. The van der Waals surface area contributed by atoms with Crippen molar-refractivity contribution in [1.82, 2.24) is 14.9 Å². The third-order valence-corrected chi connectivity index (χ3v) is 7.28. The smallest absolute Gasteiger partial charge is 0.123 e. The highest BCUT2D eigenvalue weighted by molar-refractivity contribution is 5.67. The van der Waals surface area contributed by atoms with Gasteiger partial charge in [0.15, 0.2) is 0 Å². The minimum atomic E-state index is 0.115. The summed E-state index contributed by atoms with van der Waals surface area (Å²) in [6.07, 6.45) is 11.3. The van der Waals surface area contributed by atoms with E-state index in [1.807, 2.05) is 25.3 Å². The second-order valence-electron chi connectivity index (χ2n) is 11.0. The van der Waals surface area contributed by atoms with Crippen molar-refractivity contribution in [3.05, 3.63) is 99.7 Å². The first kappa shape index (κ1) is 28.1. The monoisotopic (exact) mass is 519 g/mol. The van der Waals surface area contributed by atoms with Crippen molar-refractivity contribution in [3.8, 4) is 17.2 Å². The highest BCUT2D eigenvalue weighted by atomic mass is 15.1. The first-order valence-corrected chi connectivity index (χ1v) is 14.0. The van der Waals surface area contributed by atoms with Crippen LogP contribution in [0.4, 0.5) is 0 Å². The van der Waals surface area contributed by atoms with E-state index in [2.05, 4.69) is 105 Å². The summed E-state index contributed by atoms with van der Waals surface area (Å²) in [7, 11) is 2.07. The molecule has 1 aromatic carbocycles. The van der Waals surface area contributed by atoms with Crippen LogP contribution in [0.15, 0.2) is 77.2 Å².